The Hall–Kier alpha value is -1.78. The molecule has 2 aromatic heterocycles. The molecule has 0 aromatic carbocycles. The van der Waals surface area contributed by atoms with Gasteiger partial charge >= 0.3 is 5.69 Å². The molecule has 2 aromatic rings. The summed E-state index contributed by atoms with van der Waals surface area (Å²) in [4.78, 5) is 11.0. The van der Waals surface area contributed by atoms with Crippen LogP contribution < -0.4 is 10.4 Å². The van der Waals surface area contributed by atoms with Gasteiger partial charge in [-0.3, -0.25) is 0 Å². The van der Waals surface area contributed by atoms with E-state index in [1.54, 1.807) is 18.3 Å². The molecule has 5 nitrogen and oxygen atoms in total. The van der Waals surface area contributed by atoms with Gasteiger partial charge in [0, 0.05) is 6.20 Å². The van der Waals surface area contributed by atoms with Crippen molar-refractivity contribution >= 4 is 5.65 Å². The van der Waals surface area contributed by atoms with Gasteiger partial charge < -0.3 is 4.74 Å². The highest BCUT2D eigenvalue weighted by molar-refractivity contribution is 5.51. The van der Waals surface area contributed by atoms with Crippen molar-refractivity contribution in [3.63, 3.8) is 0 Å². The minimum Gasteiger partial charge on any atom is -0.493 e. The van der Waals surface area contributed by atoms with Gasteiger partial charge in [-0.15, -0.1) is 5.10 Å². The Kier molecular flexibility index (Phi) is 1.36. The third-order valence-electron chi connectivity index (χ3n) is 1.63. The van der Waals surface area contributed by atoms with E-state index in [1.807, 2.05) is 0 Å². The van der Waals surface area contributed by atoms with E-state index in [1.165, 1.54) is 11.5 Å². The number of aromatic nitrogens is 3. The Bertz CT molecular complexity index is 457. The highest BCUT2D eigenvalue weighted by Gasteiger charge is 2.03. The van der Waals surface area contributed by atoms with Crippen LogP contribution in [-0.2, 0) is 0 Å². The Morgan fingerprint density at radius 1 is 1.67 bits per heavy atom. The molecule has 62 valence electrons. The zero-order chi connectivity index (χ0) is 8.55. The van der Waals surface area contributed by atoms with Gasteiger partial charge in [-0.2, -0.15) is 0 Å². The lowest BCUT2D eigenvalue weighted by molar-refractivity contribution is 0.416. The molecule has 5 heteroatoms. The van der Waals surface area contributed by atoms with Crippen LogP contribution in [0, 0.1) is 0 Å². The van der Waals surface area contributed by atoms with Crippen molar-refractivity contribution < 1.29 is 4.74 Å². The number of pyridine rings is 1. The summed E-state index contributed by atoms with van der Waals surface area (Å²) in [5.74, 6) is 0.579. The van der Waals surface area contributed by atoms with Gasteiger partial charge in [0.2, 0.25) is 5.65 Å². The lowest BCUT2D eigenvalue weighted by Crippen LogP contribution is -2.08. The van der Waals surface area contributed by atoms with E-state index in [-0.39, 0.29) is 5.69 Å². The van der Waals surface area contributed by atoms with Crippen LogP contribution in [0.15, 0.2) is 23.1 Å². The summed E-state index contributed by atoms with van der Waals surface area (Å²) in [7, 11) is 1.54. The molecule has 2 rings (SSSR count). The average molecular weight is 165 g/mol. The summed E-state index contributed by atoms with van der Waals surface area (Å²) < 4.78 is 6.39. The van der Waals surface area contributed by atoms with Crippen molar-refractivity contribution in [3.05, 3.63) is 28.8 Å². The lowest BCUT2D eigenvalue weighted by Gasteiger charge is -1.98. The van der Waals surface area contributed by atoms with Crippen LogP contribution in [0.4, 0.5) is 0 Å². The summed E-state index contributed by atoms with van der Waals surface area (Å²) in [5.41, 5.74) is 0.244. The highest BCUT2D eigenvalue weighted by Crippen LogP contribution is 2.13. The minimum atomic E-state index is -0.260. The first-order valence-corrected chi connectivity index (χ1v) is 3.42. The van der Waals surface area contributed by atoms with Gasteiger partial charge in [-0.25, -0.2) is 14.3 Å². The molecule has 1 N–H and O–H groups in total. The average Bonchev–Trinajstić information content (AvgIpc) is 2.48. The lowest BCUT2D eigenvalue weighted by atomic mass is 10.4. The molecular formula is C7H7N3O2. The van der Waals surface area contributed by atoms with Crippen LogP contribution in [0.5, 0.6) is 5.75 Å². The molecule has 0 unspecified atom stereocenters. The van der Waals surface area contributed by atoms with Gasteiger partial charge in [-0.1, -0.05) is 0 Å². The summed E-state index contributed by atoms with van der Waals surface area (Å²) in [6, 6.07) is 3.47. The summed E-state index contributed by atoms with van der Waals surface area (Å²) in [5, 5.41) is 6.12. The summed E-state index contributed by atoms with van der Waals surface area (Å²) in [6.45, 7) is 0. The maximum atomic E-state index is 11.0. The first-order valence-electron chi connectivity index (χ1n) is 3.42. The molecular weight excluding hydrogens is 158 g/mol. The molecule has 0 amide bonds. The first kappa shape index (κ1) is 6.90. The van der Waals surface area contributed by atoms with Crippen LogP contribution in [0.3, 0.4) is 0 Å². The van der Waals surface area contributed by atoms with Gasteiger partial charge in [0.1, 0.15) is 0 Å². The number of nitrogens with one attached hydrogen (secondary N) is 1. The zero-order valence-electron chi connectivity index (χ0n) is 6.44. The van der Waals surface area contributed by atoms with Crippen LogP contribution in [0.25, 0.3) is 5.65 Å². The van der Waals surface area contributed by atoms with Crippen molar-refractivity contribution in [1.82, 2.24) is 14.6 Å². The number of nitrogens with zero attached hydrogens (tertiary/aromatic N) is 2. The second kappa shape index (κ2) is 2.37. The number of rotatable bonds is 1. The van der Waals surface area contributed by atoms with Gasteiger partial charge in [0.05, 0.1) is 7.11 Å². The fourth-order valence-electron chi connectivity index (χ4n) is 1.07. The van der Waals surface area contributed by atoms with Crippen LogP contribution in [0.2, 0.25) is 0 Å². The van der Waals surface area contributed by atoms with E-state index in [2.05, 4.69) is 10.2 Å². The molecule has 0 spiro atoms. The van der Waals surface area contributed by atoms with Crippen molar-refractivity contribution in [2.24, 2.45) is 0 Å². The van der Waals surface area contributed by atoms with E-state index in [0.717, 1.165) is 0 Å². The SMILES string of the molecule is COc1cccn2c(=O)[nH]nc12. The number of hydrogen-bond donors (Lipinski definition) is 1. The van der Waals surface area contributed by atoms with Crippen LogP contribution in [0.1, 0.15) is 0 Å². The van der Waals surface area contributed by atoms with Gasteiger partial charge in [0.25, 0.3) is 0 Å². The van der Waals surface area contributed by atoms with Crippen molar-refractivity contribution in [1.29, 1.82) is 0 Å². The molecule has 0 aliphatic heterocycles. The third kappa shape index (κ3) is 0.795. The predicted molar refractivity (Wildman–Crippen MR) is 42.4 cm³/mol. The second-order valence-corrected chi connectivity index (χ2v) is 2.30. The van der Waals surface area contributed by atoms with Crippen molar-refractivity contribution in [2.45, 2.75) is 0 Å². The first-order chi connectivity index (χ1) is 5.83. The van der Waals surface area contributed by atoms with Crippen molar-refractivity contribution in [2.75, 3.05) is 7.11 Å². The van der Waals surface area contributed by atoms with Crippen molar-refractivity contribution in [3.8, 4) is 5.75 Å². The molecule has 0 fully saturated rings. The Morgan fingerprint density at radius 3 is 3.25 bits per heavy atom. The standard InChI is InChI=1S/C7H7N3O2/c1-12-5-3-2-4-10-6(5)8-9-7(10)11/h2-4H,1H3,(H,9,11). The number of aromatic amines is 1. The molecule has 0 aliphatic rings. The Morgan fingerprint density at radius 2 is 2.50 bits per heavy atom. The number of fused-ring (bicyclic) bond motifs is 1. The minimum absolute atomic E-state index is 0.260. The normalized spacial score (nSPS) is 10.4. The predicted octanol–water partition coefficient (Wildman–Crippen LogP) is 0.0312. The molecule has 0 bridgehead atoms. The molecule has 0 radical (unpaired) electrons. The largest absolute Gasteiger partial charge is 0.493 e. The Labute approximate surface area is 67.6 Å². The smallest absolute Gasteiger partial charge is 0.347 e. The number of ether oxygens (including phenoxy) is 1. The fraction of sp³-hybridized carbons (Fsp3) is 0.143. The third-order valence-corrected chi connectivity index (χ3v) is 1.63. The molecule has 2 heterocycles. The van der Waals surface area contributed by atoms with E-state index in [0.29, 0.717) is 11.4 Å². The fourth-order valence-corrected chi connectivity index (χ4v) is 1.07. The quantitative estimate of drug-likeness (QED) is 0.648. The van der Waals surface area contributed by atoms with Gasteiger partial charge in [0.15, 0.2) is 5.75 Å². The van der Waals surface area contributed by atoms with E-state index in [9.17, 15) is 4.79 Å². The number of hydrogen-bond acceptors (Lipinski definition) is 3. The van der Waals surface area contributed by atoms with Gasteiger partial charge in [-0.05, 0) is 12.1 Å². The molecule has 0 saturated heterocycles. The summed E-state index contributed by atoms with van der Waals surface area (Å²) in [6.07, 6.45) is 1.63. The number of methoxy groups -OCH3 is 1. The maximum absolute atomic E-state index is 11.0. The Balaban J connectivity index is 2.90. The van der Waals surface area contributed by atoms with Crippen LogP contribution >= 0.6 is 0 Å². The second-order valence-electron chi connectivity index (χ2n) is 2.30. The molecule has 12 heavy (non-hydrogen) atoms. The maximum Gasteiger partial charge on any atom is 0.347 e. The monoisotopic (exact) mass is 165 g/mol. The zero-order valence-corrected chi connectivity index (χ0v) is 6.44. The molecule has 0 aliphatic carbocycles. The van der Waals surface area contributed by atoms with Crippen LogP contribution in [-0.4, -0.2) is 21.7 Å². The van der Waals surface area contributed by atoms with E-state index in [4.69, 9.17) is 4.74 Å². The molecule has 0 atom stereocenters. The topological polar surface area (TPSA) is 59.4 Å². The number of H-pyrrole nitrogens is 1. The highest BCUT2D eigenvalue weighted by atomic mass is 16.5. The summed E-state index contributed by atoms with van der Waals surface area (Å²) >= 11 is 0. The van der Waals surface area contributed by atoms with E-state index < -0.39 is 0 Å². The van der Waals surface area contributed by atoms with E-state index >= 15 is 0 Å². The molecule has 0 saturated carbocycles.